The lowest BCUT2D eigenvalue weighted by molar-refractivity contribution is -0.251. The minimum Gasteiger partial charge on any atom is -0.469 e. The maximum atomic E-state index is 13.4. The van der Waals surface area contributed by atoms with Gasteiger partial charge in [0.05, 0.1) is 31.3 Å². The molecule has 0 bridgehead atoms. The van der Waals surface area contributed by atoms with Crippen molar-refractivity contribution < 1.29 is 58.6 Å². The highest BCUT2D eigenvalue weighted by atomic mass is 16.7. The van der Waals surface area contributed by atoms with Crippen molar-refractivity contribution in [1.82, 2.24) is 0 Å². The summed E-state index contributed by atoms with van der Waals surface area (Å²) >= 11 is 0. The zero-order valence-electron chi connectivity index (χ0n) is 24.4. The second kappa shape index (κ2) is 9.06. The van der Waals surface area contributed by atoms with Crippen LogP contribution in [0.5, 0.6) is 0 Å². The third-order valence-electron chi connectivity index (χ3n) is 11.0. The van der Waals surface area contributed by atoms with E-state index in [1.54, 1.807) is 20.8 Å². The molecule has 0 spiro atoms. The number of aliphatic hydroxyl groups excluding tert-OH is 2. The largest absolute Gasteiger partial charge is 0.469 e. The first-order valence-electron chi connectivity index (χ1n) is 14.1. The van der Waals surface area contributed by atoms with Gasteiger partial charge in [-0.15, -0.1) is 0 Å². The summed E-state index contributed by atoms with van der Waals surface area (Å²) in [6.45, 7) is 9.29. The lowest BCUT2D eigenvalue weighted by Crippen LogP contribution is -2.69. The van der Waals surface area contributed by atoms with Gasteiger partial charge in [-0.2, -0.15) is 0 Å². The molecule has 12 atom stereocenters. The number of rotatable bonds is 7. The van der Waals surface area contributed by atoms with Gasteiger partial charge in [-0.25, -0.2) is 0 Å². The summed E-state index contributed by atoms with van der Waals surface area (Å²) in [4.78, 5) is 51.6. The van der Waals surface area contributed by atoms with E-state index < -0.39 is 112 Å². The maximum absolute atomic E-state index is 13.4. The van der Waals surface area contributed by atoms with Crippen molar-refractivity contribution >= 4 is 23.7 Å². The van der Waals surface area contributed by atoms with Gasteiger partial charge in [-0.05, 0) is 18.9 Å². The highest BCUT2D eigenvalue weighted by Gasteiger charge is 2.93. The van der Waals surface area contributed by atoms with Crippen molar-refractivity contribution in [2.45, 2.75) is 95.1 Å². The molecule has 228 valence electrons. The minimum absolute atomic E-state index is 0.171. The monoisotopic (exact) mass is 580 g/mol. The predicted molar refractivity (Wildman–Crippen MR) is 138 cm³/mol. The number of aliphatic hydroxyl groups is 4. The van der Waals surface area contributed by atoms with E-state index in [2.05, 4.69) is 4.74 Å². The topological polar surface area (TPSA) is 189 Å². The van der Waals surface area contributed by atoms with Crippen LogP contribution in [0.15, 0.2) is 11.6 Å². The number of carbonyl (C=O) groups excluding carboxylic acids is 4. The van der Waals surface area contributed by atoms with E-state index in [0.29, 0.717) is 6.42 Å². The Morgan fingerprint density at radius 2 is 1.80 bits per heavy atom. The third-order valence-corrected chi connectivity index (χ3v) is 11.0. The molecule has 1 heterocycles. The second-order valence-corrected chi connectivity index (χ2v) is 13.1. The van der Waals surface area contributed by atoms with Crippen LogP contribution in [0.3, 0.4) is 0 Å². The molecule has 4 N–H and O–H groups in total. The molecule has 0 radical (unpaired) electrons. The molecule has 5 aliphatic rings. The van der Waals surface area contributed by atoms with E-state index >= 15 is 0 Å². The first-order valence-corrected chi connectivity index (χ1v) is 14.1. The van der Waals surface area contributed by atoms with Crippen LogP contribution in [0, 0.1) is 35.0 Å². The van der Waals surface area contributed by atoms with Crippen molar-refractivity contribution in [3.8, 4) is 0 Å². The Morgan fingerprint density at radius 3 is 2.37 bits per heavy atom. The van der Waals surface area contributed by atoms with Crippen LogP contribution < -0.4 is 0 Å². The van der Waals surface area contributed by atoms with Gasteiger partial charge >= 0.3 is 17.9 Å². The van der Waals surface area contributed by atoms with Crippen molar-refractivity contribution in [3.05, 3.63) is 11.6 Å². The molecule has 4 aliphatic carbocycles. The molecule has 3 saturated carbocycles. The van der Waals surface area contributed by atoms with Crippen LogP contribution in [0.4, 0.5) is 0 Å². The standard InChI is InChI=1S/C29H40O12/c1-8-12(2)23(35)40-29-19(25(29,5)6)18-21(34)26(11-30)24(41-26)28(37)15(9-13(3)20(28)33)27(18,36)14(4)22(29)39-17(32)10-16(31)38-7/h9,12,14-15,18-19,21-22,24,30,34,36-37H,8,10-11H2,1-7H3. The molecule has 12 nitrogen and oxygen atoms in total. The number of carbonyl (C=O) groups is 4. The molecular formula is C29H40O12. The van der Waals surface area contributed by atoms with Crippen LogP contribution in [0.1, 0.15) is 54.4 Å². The zero-order valence-corrected chi connectivity index (χ0v) is 24.4. The number of ether oxygens (including phenoxy) is 4. The third kappa shape index (κ3) is 3.45. The van der Waals surface area contributed by atoms with Gasteiger partial charge in [0.1, 0.15) is 24.2 Å². The van der Waals surface area contributed by atoms with Crippen LogP contribution >= 0.6 is 0 Å². The molecule has 0 aromatic heterocycles. The average Bonchev–Trinajstić information content (AvgIpc) is 3.76. The Kier molecular flexibility index (Phi) is 6.65. The summed E-state index contributed by atoms with van der Waals surface area (Å²) in [5.41, 5.74) is -8.58. The summed E-state index contributed by atoms with van der Waals surface area (Å²) in [7, 11) is 1.12. The number of hydrogen-bond acceptors (Lipinski definition) is 12. The van der Waals surface area contributed by atoms with Crippen molar-refractivity contribution in [3.63, 3.8) is 0 Å². The first-order chi connectivity index (χ1) is 19.0. The molecule has 12 heteroatoms. The molecule has 1 aliphatic heterocycles. The zero-order chi connectivity index (χ0) is 30.7. The first kappa shape index (κ1) is 30.1. The van der Waals surface area contributed by atoms with E-state index in [-0.39, 0.29) is 5.57 Å². The van der Waals surface area contributed by atoms with E-state index in [9.17, 15) is 39.6 Å². The highest BCUT2D eigenvalue weighted by Crippen LogP contribution is 2.79. The smallest absolute Gasteiger partial charge is 0.317 e. The molecule has 0 amide bonds. The SMILES string of the molecule is CCC(C)C(=O)OC12C(OC(=O)CC(=O)OC)C(C)C3(O)C(C(O)C4(CO)OC4C4(O)C(=O)C(C)=CC43)C1C2(C)C. The predicted octanol–water partition coefficient (Wildman–Crippen LogP) is -0.177. The Morgan fingerprint density at radius 1 is 1.17 bits per heavy atom. The molecule has 1 saturated heterocycles. The molecule has 0 aromatic rings. The number of epoxide rings is 1. The molecule has 41 heavy (non-hydrogen) atoms. The summed E-state index contributed by atoms with van der Waals surface area (Å²) < 4.78 is 22.4. The van der Waals surface area contributed by atoms with E-state index in [0.717, 1.165) is 7.11 Å². The summed E-state index contributed by atoms with van der Waals surface area (Å²) in [5, 5.41) is 47.1. The summed E-state index contributed by atoms with van der Waals surface area (Å²) in [6, 6.07) is 0. The van der Waals surface area contributed by atoms with Gasteiger partial charge < -0.3 is 39.4 Å². The van der Waals surface area contributed by atoms with Crippen LogP contribution in [-0.4, -0.2) is 98.6 Å². The van der Waals surface area contributed by atoms with Crippen LogP contribution in [0.2, 0.25) is 0 Å². The summed E-state index contributed by atoms with van der Waals surface area (Å²) in [6.07, 6.45) is -3.09. The van der Waals surface area contributed by atoms with Crippen molar-refractivity contribution in [1.29, 1.82) is 0 Å². The number of hydrogen-bond donors (Lipinski definition) is 4. The fourth-order valence-corrected chi connectivity index (χ4v) is 8.48. The van der Waals surface area contributed by atoms with Crippen LogP contribution in [0.25, 0.3) is 0 Å². The Labute approximate surface area is 238 Å². The van der Waals surface area contributed by atoms with Gasteiger partial charge in [-0.3, -0.25) is 19.2 Å². The number of fused-ring (bicyclic) bond motifs is 7. The molecule has 4 fully saturated rings. The number of esters is 3. The lowest BCUT2D eigenvalue weighted by Gasteiger charge is -2.54. The fourth-order valence-electron chi connectivity index (χ4n) is 8.48. The van der Waals surface area contributed by atoms with Crippen molar-refractivity contribution in [2.24, 2.45) is 35.0 Å². The number of Topliss-reactive ketones (excluding diaryl/α,β-unsaturated/α-hetero) is 1. The van der Waals surface area contributed by atoms with Gasteiger partial charge in [0.25, 0.3) is 0 Å². The van der Waals surface area contributed by atoms with Crippen molar-refractivity contribution in [2.75, 3.05) is 13.7 Å². The molecule has 5 rings (SSSR count). The van der Waals surface area contributed by atoms with Gasteiger partial charge in [-0.1, -0.05) is 40.7 Å². The maximum Gasteiger partial charge on any atom is 0.317 e. The second-order valence-electron chi connectivity index (χ2n) is 13.1. The Balaban J connectivity index is 1.71. The Bertz CT molecular complexity index is 1230. The molecule has 12 unspecified atom stereocenters. The van der Waals surface area contributed by atoms with E-state index in [1.165, 1.54) is 19.9 Å². The number of methoxy groups -OCH3 is 1. The molecular weight excluding hydrogens is 540 g/mol. The normalized spacial score (nSPS) is 47.3. The average molecular weight is 581 g/mol. The van der Waals surface area contributed by atoms with Gasteiger partial charge in [0.15, 0.2) is 17.0 Å². The quantitative estimate of drug-likeness (QED) is 0.135. The highest BCUT2D eigenvalue weighted by molar-refractivity contribution is 6.05. The minimum atomic E-state index is -2.32. The van der Waals surface area contributed by atoms with Gasteiger partial charge in [0, 0.05) is 29.1 Å². The fraction of sp³-hybridized carbons (Fsp3) is 0.793. The summed E-state index contributed by atoms with van der Waals surface area (Å²) in [5.74, 6) is -8.16. The number of ketones is 1. The van der Waals surface area contributed by atoms with Gasteiger partial charge in [0.2, 0.25) is 0 Å². The van der Waals surface area contributed by atoms with Crippen LogP contribution in [-0.2, 0) is 38.1 Å². The Hall–Kier alpha value is -2.38. The lowest BCUT2D eigenvalue weighted by atomic mass is 9.58. The van der Waals surface area contributed by atoms with E-state index in [1.807, 2.05) is 6.92 Å². The molecule has 0 aromatic carbocycles. The van der Waals surface area contributed by atoms with E-state index in [4.69, 9.17) is 14.2 Å².